The number of rotatable bonds is 2. The van der Waals surface area contributed by atoms with Gasteiger partial charge >= 0.3 is 6.09 Å². The Labute approximate surface area is 118 Å². The summed E-state index contributed by atoms with van der Waals surface area (Å²) in [5, 5.41) is 3.19. The van der Waals surface area contributed by atoms with E-state index in [0.29, 0.717) is 18.9 Å². The highest BCUT2D eigenvalue weighted by atomic mass is 19.1. The lowest BCUT2D eigenvalue weighted by atomic mass is 10.2. The van der Waals surface area contributed by atoms with Gasteiger partial charge in [-0.25, -0.2) is 14.2 Å². The summed E-state index contributed by atoms with van der Waals surface area (Å²) in [4.78, 5) is 17.5. The smallest absolute Gasteiger partial charge is 0.410 e. The van der Waals surface area contributed by atoms with Crippen LogP contribution in [0.1, 0.15) is 27.2 Å². The van der Waals surface area contributed by atoms with Gasteiger partial charge in [0.1, 0.15) is 17.2 Å². The fraction of sp³-hybridized carbons (Fsp3) is 0.571. The summed E-state index contributed by atoms with van der Waals surface area (Å²) >= 11 is 0. The van der Waals surface area contributed by atoms with E-state index in [1.807, 2.05) is 20.8 Å². The molecule has 1 aromatic rings. The second-order valence-electron chi connectivity index (χ2n) is 5.92. The maximum absolute atomic E-state index is 12.8. The molecule has 20 heavy (non-hydrogen) atoms. The zero-order valence-corrected chi connectivity index (χ0v) is 12.0. The quantitative estimate of drug-likeness (QED) is 0.905. The molecule has 1 fully saturated rings. The van der Waals surface area contributed by atoms with E-state index in [0.717, 1.165) is 6.42 Å². The van der Waals surface area contributed by atoms with Crippen molar-refractivity contribution in [1.82, 2.24) is 9.88 Å². The number of carbonyl (C=O) groups is 1. The van der Waals surface area contributed by atoms with Crippen molar-refractivity contribution in [2.75, 3.05) is 18.4 Å². The zero-order valence-electron chi connectivity index (χ0n) is 12.0. The third kappa shape index (κ3) is 4.08. The van der Waals surface area contributed by atoms with Gasteiger partial charge in [0.15, 0.2) is 0 Å². The van der Waals surface area contributed by atoms with Crippen molar-refractivity contribution in [3.8, 4) is 0 Å². The maximum Gasteiger partial charge on any atom is 0.410 e. The van der Waals surface area contributed by atoms with Gasteiger partial charge in [0.2, 0.25) is 0 Å². The third-order valence-electron chi connectivity index (χ3n) is 2.92. The number of halogens is 1. The summed E-state index contributed by atoms with van der Waals surface area (Å²) < 4.78 is 18.1. The van der Waals surface area contributed by atoms with E-state index in [1.54, 1.807) is 11.0 Å². The number of nitrogens with one attached hydrogen (secondary N) is 1. The number of hydrogen-bond acceptors (Lipinski definition) is 4. The van der Waals surface area contributed by atoms with E-state index < -0.39 is 5.60 Å². The van der Waals surface area contributed by atoms with Crippen LogP contribution in [0.25, 0.3) is 0 Å². The predicted octanol–water partition coefficient (Wildman–Crippen LogP) is 2.64. The minimum atomic E-state index is -0.485. The first-order chi connectivity index (χ1) is 9.33. The van der Waals surface area contributed by atoms with E-state index in [1.165, 1.54) is 12.3 Å². The summed E-state index contributed by atoms with van der Waals surface area (Å²) in [5.74, 6) is 0.250. The number of pyridine rings is 1. The second-order valence-corrected chi connectivity index (χ2v) is 5.92. The molecule has 1 N–H and O–H groups in total. The second kappa shape index (κ2) is 5.64. The number of hydrogen-bond donors (Lipinski definition) is 1. The standard InChI is InChI=1S/C14H20FN3O2/c1-14(2,3)20-13(19)18-7-6-11(9-18)17-12-5-4-10(15)8-16-12/h4-5,8,11H,6-7,9H2,1-3H3,(H,16,17)/t11-/m1/s1. The SMILES string of the molecule is CC(C)(C)OC(=O)N1CC[C@@H](Nc2ccc(F)cn2)C1. The largest absolute Gasteiger partial charge is 0.444 e. The lowest BCUT2D eigenvalue weighted by molar-refractivity contribution is 0.0293. The fourth-order valence-corrected chi connectivity index (χ4v) is 2.04. The van der Waals surface area contributed by atoms with Crippen LogP contribution in [0.2, 0.25) is 0 Å². The van der Waals surface area contributed by atoms with Crippen LogP contribution in [0.3, 0.4) is 0 Å². The van der Waals surface area contributed by atoms with E-state index >= 15 is 0 Å². The predicted molar refractivity (Wildman–Crippen MR) is 74.0 cm³/mol. The van der Waals surface area contributed by atoms with Crippen molar-refractivity contribution in [3.63, 3.8) is 0 Å². The molecule has 1 aliphatic heterocycles. The molecule has 2 rings (SSSR count). The molecule has 0 unspecified atom stereocenters. The highest BCUT2D eigenvalue weighted by molar-refractivity contribution is 5.68. The Morgan fingerprint density at radius 1 is 1.50 bits per heavy atom. The molecular weight excluding hydrogens is 261 g/mol. The first kappa shape index (κ1) is 14.6. The molecule has 1 aromatic heterocycles. The molecule has 1 saturated heterocycles. The van der Waals surface area contributed by atoms with Crippen molar-refractivity contribution in [2.45, 2.75) is 38.8 Å². The Bertz CT molecular complexity index is 470. The van der Waals surface area contributed by atoms with E-state index in [9.17, 15) is 9.18 Å². The maximum atomic E-state index is 12.8. The molecule has 2 heterocycles. The average molecular weight is 281 g/mol. The van der Waals surface area contributed by atoms with Crippen LogP contribution >= 0.6 is 0 Å². The first-order valence-corrected chi connectivity index (χ1v) is 6.69. The highest BCUT2D eigenvalue weighted by Crippen LogP contribution is 2.17. The van der Waals surface area contributed by atoms with Crippen LogP contribution in [0.15, 0.2) is 18.3 Å². The highest BCUT2D eigenvalue weighted by Gasteiger charge is 2.29. The van der Waals surface area contributed by atoms with Crippen LogP contribution in [0, 0.1) is 5.82 Å². The number of nitrogens with zero attached hydrogens (tertiary/aromatic N) is 2. The number of aromatic nitrogens is 1. The van der Waals surface area contributed by atoms with Crippen molar-refractivity contribution in [1.29, 1.82) is 0 Å². The van der Waals surface area contributed by atoms with Crippen molar-refractivity contribution in [2.24, 2.45) is 0 Å². The molecule has 110 valence electrons. The van der Waals surface area contributed by atoms with Gasteiger partial charge in [0.05, 0.1) is 6.20 Å². The molecule has 0 bridgehead atoms. The van der Waals surface area contributed by atoms with Gasteiger partial charge in [-0.05, 0) is 39.3 Å². The normalized spacial score (nSPS) is 19.0. The Hall–Kier alpha value is -1.85. The number of anilines is 1. The van der Waals surface area contributed by atoms with Crippen LogP contribution in [-0.4, -0.2) is 40.7 Å². The molecule has 0 radical (unpaired) electrons. The van der Waals surface area contributed by atoms with Gasteiger partial charge in [-0.2, -0.15) is 0 Å². The van der Waals surface area contributed by atoms with Gasteiger partial charge in [-0.15, -0.1) is 0 Å². The number of amides is 1. The molecule has 1 atom stereocenters. The molecule has 0 aliphatic carbocycles. The van der Waals surface area contributed by atoms with Crippen LogP contribution in [0.4, 0.5) is 15.0 Å². The minimum Gasteiger partial charge on any atom is -0.444 e. The van der Waals surface area contributed by atoms with E-state index in [4.69, 9.17) is 4.74 Å². The van der Waals surface area contributed by atoms with E-state index in [2.05, 4.69) is 10.3 Å². The average Bonchev–Trinajstić information content (AvgIpc) is 2.79. The van der Waals surface area contributed by atoms with Crippen molar-refractivity contribution >= 4 is 11.9 Å². The molecule has 5 nitrogen and oxygen atoms in total. The monoisotopic (exact) mass is 281 g/mol. The zero-order chi connectivity index (χ0) is 14.8. The molecule has 0 aromatic carbocycles. The summed E-state index contributed by atoms with van der Waals surface area (Å²) in [6.07, 6.45) is 1.69. The molecule has 1 amide bonds. The van der Waals surface area contributed by atoms with Gasteiger partial charge in [-0.3, -0.25) is 0 Å². The van der Waals surface area contributed by atoms with Gasteiger partial charge in [-0.1, -0.05) is 0 Å². The molecule has 0 spiro atoms. The van der Waals surface area contributed by atoms with Crippen LogP contribution in [-0.2, 0) is 4.74 Å². The molecular formula is C14H20FN3O2. The summed E-state index contributed by atoms with van der Waals surface area (Å²) in [5.41, 5.74) is -0.485. The van der Waals surface area contributed by atoms with Crippen molar-refractivity contribution in [3.05, 3.63) is 24.1 Å². The van der Waals surface area contributed by atoms with Crippen molar-refractivity contribution < 1.29 is 13.9 Å². The Morgan fingerprint density at radius 2 is 2.25 bits per heavy atom. The summed E-state index contributed by atoms with van der Waals surface area (Å²) in [6.45, 7) is 6.75. The van der Waals surface area contributed by atoms with Crippen LogP contribution in [0.5, 0.6) is 0 Å². The van der Waals surface area contributed by atoms with Gasteiger partial charge in [0.25, 0.3) is 0 Å². The van der Waals surface area contributed by atoms with Crippen LogP contribution < -0.4 is 5.32 Å². The third-order valence-corrected chi connectivity index (χ3v) is 2.92. The topological polar surface area (TPSA) is 54.5 Å². The van der Waals surface area contributed by atoms with E-state index in [-0.39, 0.29) is 18.0 Å². The first-order valence-electron chi connectivity index (χ1n) is 6.69. The summed E-state index contributed by atoms with van der Waals surface area (Å²) in [6, 6.07) is 3.06. The van der Waals surface area contributed by atoms with Gasteiger partial charge in [0, 0.05) is 19.1 Å². The molecule has 0 saturated carbocycles. The number of carbonyl (C=O) groups excluding carboxylic acids is 1. The molecule has 1 aliphatic rings. The lowest BCUT2D eigenvalue weighted by Crippen LogP contribution is -2.36. The summed E-state index contributed by atoms with van der Waals surface area (Å²) in [7, 11) is 0. The lowest BCUT2D eigenvalue weighted by Gasteiger charge is -2.24. The number of ether oxygens (including phenoxy) is 1. The fourth-order valence-electron chi connectivity index (χ4n) is 2.04. The Morgan fingerprint density at radius 3 is 2.85 bits per heavy atom. The van der Waals surface area contributed by atoms with Gasteiger partial charge < -0.3 is 15.0 Å². The minimum absolute atomic E-state index is 0.112. The number of likely N-dealkylation sites (tertiary alicyclic amines) is 1. The molecule has 6 heteroatoms. The Balaban J connectivity index is 1.86. The Kier molecular flexibility index (Phi) is 4.11.